The molecule has 2 aromatic carbocycles. The van der Waals surface area contributed by atoms with E-state index in [9.17, 15) is 9.18 Å². The highest BCUT2D eigenvalue weighted by atomic mass is 19.1. The van der Waals surface area contributed by atoms with Crippen LogP contribution in [0.25, 0.3) is 11.3 Å². The number of aromatic nitrogens is 1. The predicted molar refractivity (Wildman–Crippen MR) is 87.0 cm³/mol. The molecule has 1 unspecified atom stereocenters. The fourth-order valence-electron chi connectivity index (χ4n) is 2.71. The van der Waals surface area contributed by atoms with E-state index >= 15 is 0 Å². The second-order valence-corrected chi connectivity index (χ2v) is 5.69. The molecular formula is C19H14FNO4. The molecule has 0 fully saturated rings. The van der Waals surface area contributed by atoms with Crippen LogP contribution in [0.4, 0.5) is 4.39 Å². The van der Waals surface area contributed by atoms with Crippen molar-refractivity contribution in [1.29, 1.82) is 0 Å². The minimum absolute atomic E-state index is 0.0593. The maximum atomic E-state index is 14.2. The zero-order valence-electron chi connectivity index (χ0n) is 13.1. The van der Waals surface area contributed by atoms with Gasteiger partial charge in [-0.3, -0.25) is 4.79 Å². The van der Waals surface area contributed by atoms with E-state index in [0.29, 0.717) is 28.4 Å². The summed E-state index contributed by atoms with van der Waals surface area (Å²) in [5, 5.41) is 0. The van der Waals surface area contributed by atoms with E-state index in [1.807, 2.05) is 12.1 Å². The first-order valence-electron chi connectivity index (χ1n) is 7.79. The van der Waals surface area contributed by atoms with Gasteiger partial charge in [0, 0.05) is 6.42 Å². The predicted octanol–water partition coefficient (Wildman–Crippen LogP) is 3.43. The van der Waals surface area contributed by atoms with Crippen molar-refractivity contribution in [2.75, 3.05) is 6.61 Å². The third kappa shape index (κ3) is 3.10. The molecule has 2 heterocycles. The molecule has 0 N–H and O–H groups in total. The van der Waals surface area contributed by atoms with Crippen molar-refractivity contribution in [2.24, 2.45) is 0 Å². The molecule has 6 heteroatoms. The van der Waals surface area contributed by atoms with Crippen molar-refractivity contribution in [1.82, 2.24) is 4.98 Å². The molecular weight excluding hydrogens is 325 g/mol. The van der Waals surface area contributed by atoms with Gasteiger partial charge in [0.1, 0.15) is 12.4 Å². The number of rotatable bonds is 4. The first kappa shape index (κ1) is 15.4. The molecule has 0 bridgehead atoms. The van der Waals surface area contributed by atoms with E-state index in [-0.39, 0.29) is 18.8 Å². The molecule has 126 valence electrons. The van der Waals surface area contributed by atoms with Crippen LogP contribution in [-0.4, -0.2) is 23.5 Å². The Labute approximate surface area is 143 Å². The Morgan fingerprint density at radius 1 is 1.20 bits per heavy atom. The number of hydrogen-bond acceptors (Lipinski definition) is 5. The topological polar surface area (TPSA) is 61.6 Å². The minimum Gasteiger partial charge on any atom is -0.485 e. The number of hydrogen-bond donors (Lipinski definition) is 0. The van der Waals surface area contributed by atoms with E-state index in [0.717, 1.165) is 0 Å². The molecule has 0 amide bonds. The largest absolute Gasteiger partial charge is 0.485 e. The molecule has 25 heavy (non-hydrogen) atoms. The van der Waals surface area contributed by atoms with Crippen LogP contribution in [0.3, 0.4) is 0 Å². The number of ether oxygens (including phenoxy) is 2. The van der Waals surface area contributed by atoms with Crippen molar-refractivity contribution >= 4 is 5.78 Å². The van der Waals surface area contributed by atoms with Gasteiger partial charge in [-0.05, 0) is 29.8 Å². The average Bonchev–Trinajstić information content (AvgIpc) is 3.15. The second-order valence-electron chi connectivity index (χ2n) is 5.69. The van der Waals surface area contributed by atoms with E-state index in [1.54, 1.807) is 24.3 Å². The Kier molecular flexibility index (Phi) is 3.93. The zero-order valence-corrected chi connectivity index (χ0v) is 13.1. The monoisotopic (exact) mass is 339 g/mol. The molecule has 0 spiro atoms. The number of ketones is 1. The highest BCUT2D eigenvalue weighted by Crippen LogP contribution is 2.31. The summed E-state index contributed by atoms with van der Waals surface area (Å²) in [6, 6.07) is 11.8. The molecule has 0 radical (unpaired) electrons. The van der Waals surface area contributed by atoms with E-state index in [2.05, 4.69) is 4.98 Å². The van der Waals surface area contributed by atoms with Crippen molar-refractivity contribution in [2.45, 2.75) is 12.5 Å². The number of para-hydroxylation sites is 2. The number of carbonyl (C=O) groups is 1. The lowest BCUT2D eigenvalue weighted by atomic mass is 10.0. The highest BCUT2D eigenvalue weighted by Gasteiger charge is 2.27. The van der Waals surface area contributed by atoms with E-state index < -0.39 is 11.9 Å². The summed E-state index contributed by atoms with van der Waals surface area (Å²) in [7, 11) is 0. The quantitative estimate of drug-likeness (QED) is 0.729. The number of carbonyl (C=O) groups excluding carboxylic acids is 1. The lowest BCUT2D eigenvalue weighted by Gasteiger charge is -2.25. The van der Waals surface area contributed by atoms with Crippen LogP contribution in [-0.2, 0) is 11.2 Å². The summed E-state index contributed by atoms with van der Waals surface area (Å²) in [5.74, 6) is 0.874. The van der Waals surface area contributed by atoms with Gasteiger partial charge in [0.05, 0.1) is 11.8 Å². The lowest BCUT2D eigenvalue weighted by Crippen LogP contribution is -2.37. The number of benzene rings is 2. The molecule has 0 saturated heterocycles. The van der Waals surface area contributed by atoms with Gasteiger partial charge in [-0.1, -0.05) is 18.2 Å². The summed E-state index contributed by atoms with van der Waals surface area (Å²) in [5.41, 5.74) is 0.869. The number of nitrogens with zero attached hydrogens (tertiary/aromatic N) is 1. The van der Waals surface area contributed by atoms with Crippen molar-refractivity contribution < 1.29 is 23.1 Å². The number of fused-ring (bicyclic) bond motifs is 1. The Balaban J connectivity index is 1.47. The second kappa shape index (κ2) is 6.39. The summed E-state index contributed by atoms with van der Waals surface area (Å²) in [4.78, 5) is 16.2. The third-order valence-corrected chi connectivity index (χ3v) is 3.98. The first-order valence-corrected chi connectivity index (χ1v) is 7.79. The molecule has 1 aliphatic rings. The molecule has 3 aromatic rings. The van der Waals surface area contributed by atoms with Gasteiger partial charge < -0.3 is 13.9 Å². The molecule has 1 aromatic heterocycles. The van der Waals surface area contributed by atoms with Crippen LogP contribution in [0.1, 0.15) is 5.56 Å². The molecule has 0 aliphatic carbocycles. The summed E-state index contributed by atoms with van der Waals surface area (Å²) >= 11 is 0. The van der Waals surface area contributed by atoms with E-state index in [4.69, 9.17) is 13.9 Å². The lowest BCUT2D eigenvalue weighted by molar-refractivity contribution is -0.127. The zero-order chi connectivity index (χ0) is 17.2. The van der Waals surface area contributed by atoms with Gasteiger partial charge in [0.25, 0.3) is 0 Å². The number of halogens is 1. The molecule has 5 nitrogen and oxygen atoms in total. The van der Waals surface area contributed by atoms with Crippen LogP contribution in [0.5, 0.6) is 11.5 Å². The minimum atomic E-state index is -0.702. The first-order chi connectivity index (χ1) is 12.2. The van der Waals surface area contributed by atoms with Gasteiger partial charge in [-0.2, -0.15) is 0 Å². The highest BCUT2D eigenvalue weighted by molar-refractivity contribution is 5.86. The average molecular weight is 339 g/mol. The Morgan fingerprint density at radius 3 is 2.80 bits per heavy atom. The van der Waals surface area contributed by atoms with Crippen molar-refractivity contribution in [3.8, 4) is 22.8 Å². The summed E-state index contributed by atoms with van der Waals surface area (Å²) < 4.78 is 30.6. The van der Waals surface area contributed by atoms with Gasteiger partial charge in [-0.25, -0.2) is 9.37 Å². The molecule has 1 aliphatic heterocycles. The molecule has 1 atom stereocenters. The van der Waals surface area contributed by atoms with Gasteiger partial charge in [-0.15, -0.1) is 0 Å². The van der Waals surface area contributed by atoms with Crippen LogP contribution in [0, 0.1) is 5.82 Å². The van der Waals surface area contributed by atoms with Gasteiger partial charge in [0.15, 0.2) is 35.5 Å². The normalized spacial score (nSPS) is 15.8. The fourth-order valence-corrected chi connectivity index (χ4v) is 2.71. The number of oxazole rings is 1. The molecule has 0 saturated carbocycles. The van der Waals surface area contributed by atoms with Gasteiger partial charge >= 0.3 is 0 Å². The van der Waals surface area contributed by atoms with Crippen LogP contribution in [0.15, 0.2) is 59.5 Å². The Morgan fingerprint density at radius 2 is 2.04 bits per heavy atom. The smallest absolute Gasteiger partial charge is 0.191 e. The summed E-state index contributed by atoms with van der Waals surface area (Å²) in [6.07, 6.45) is 2.04. The fraction of sp³-hybridized carbons (Fsp3) is 0.158. The van der Waals surface area contributed by atoms with Crippen LogP contribution >= 0.6 is 0 Å². The van der Waals surface area contributed by atoms with Crippen LogP contribution < -0.4 is 9.47 Å². The molecule has 4 rings (SSSR count). The van der Waals surface area contributed by atoms with Crippen LogP contribution in [0.2, 0.25) is 0 Å². The van der Waals surface area contributed by atoms with Crippen molar-refractivity contribution in [3.63, 3.8) is 0 Å². The third-order valence-electron chi connectivity index (χ3n) is 3.98. The SMILES string of the molecule is O=C(Cc1ccc(-c2cnco2)c(F)c1)C1COc2ccccc2O1. The van der Waals surface area contributed by atoms with Gasteiger partial charge in [0.2, 0.25) is 0 Å². The maximum absolute atomic E-state index is 14.2. The van der Waals surface area contributed by atoms with Crippen molar-refractivity contribution in [3.05, 3.63) is 66.4 Å². The number of Topliss-reactive ketones (excluding diaryl/α,β-unsaturated/α-hetero) is 1. The maximum Gasteiger partial charge on any atom is 0.191 e. The Hall–Kier alpha value is -3.15. The standard InChI is InChI=1S/C19H14FNO4/c20-14-7-12(5-6-13(14)18-9-21-11-24-18)8-15(22)19-10-23-16-3-1-2-4-17(16)25-19/h1-7,9,11,19H,8,10H2. The van der Waals surface area contributed by atoms with E-state index in [1.165, 1.54) is 18.7 Å². The Bertz CT molecular complexity index is 908. The summed E-state index contributed by atoms with van der Waals surface area (Å²) in [6.45, 7) is 0.147.